The lowest BCUT2D eigenvalue weighted by Crippen LogP contribution is -2.42. The van der Waals surface area contributed by atoms with E-state index in [1.165, 1.54) is 0 Å². The Bertz CT molecular complexity index is 557. The minimum Gasteiger partial charge on any atom is -0.481 e. The molecular weight excluding hydrogens is 320 g/mol. The van der Waals surface area contributed by atoms with Gasteiger partial charge in [0.15, 0.2) is 21.3 Å². The molecule has 0 amide bonds. The van der Waals surface area contributed by atoms with Crippen LogP contribution in [0.4, 0.5) is 0 Å². The summed E-state index contributed by atoms with van der Waals surface area (Å²) in [6.45, 7) is 3.98. The number of rotatable bonds is 4. The van der Waals surface area contributed by atoms with Crippen molar-refractivity contribution in [1.29, 1.82) is 0 Å². The molecule has 2 unspecified atom stereocenters. The van der Waals surface area contributed by atoms with Crippen molar-refractivity contribution in [3.8, 4) is 11.5 Å². The average Bonchev–Trinajstić information content (AvgIpc) is 2.92. The van der Waals surface area contributed by atoms with Crippen LogP contribution in [0.25, 0.3) is 0 Å². The van der Waals surface area contributed by atoms with Gasteiger partial charge >= 0.3 is 11.9 Å². The summed E-state index contributed by atoms with van der Waals surface area (Å²) < 4.78 is 22.2. The van der Waals surface area contributed by atoms with Crippen molar-refractivity contribution in [2.24, 2.45) is 0 Å². The zero-order chi connectivity index (χ0) is 16.4. The summed E-state index contributed by atoms with van der Waals surface area (Å²) in [5, 5.41) is 0. The molecule has 0 saturated heterocycles. The van der Waals surface area contributed by atoms with E-state index in [0.29, 0.717) is 11.5 Å². The van der Waals surface area contributed by atoms with E-state index in [0.717, 1.165) is 37.0 Å². The summed E-state index contributed by atoms with van der Waals surface area (Å²) >= 11 is 1.02. The monoisotopic (exact) mass is 340 g/mol. The maximum absolute atomic E-state index is 12.2. The molecule has 1 aromatic rings. The molecule has 1 aromatic heterocycles. The SMILES string of the molecule is CCOC(=O)c1sc(C(=O)OCC)c2c1OC1CCCCC1O2. The van der Waals surface area contributed by atoms with Crippen molar-refractivity contribution >= 4 is 23.3 Å². The van der Waals surface area contributed by atoms with Gasteiger partial charge in [-0.05, 0) is 39.5 Å². The molecular formula is C16H20O6S. The Hall–Kier alpha value is -1.76. The third kappa shape index (κ3) is 3.02. The Morgan fingerprint density at radius 1 is 0.957 bits per heavy atom. The van der Waals surface area contributed by atoms with E-state index >= 15 is 0 Å². The van der Waals surface area contributed by atoms with Crippen LogP contribution in [-0.4, -0.2) is 37.4 Å². The van der Waals surface area contributed by atoms with Crippen molar-refractivity contribution in [2.75, 3.05) is 13.2 Å². The van der Waals surface area contributed by atoms with Crippen LogP contribution < -0.4 is 9.47 Å². The maximum Gasteiger partial charge on any atom is 0.352 e. The Kier molecular flexibility index (Phi) is 4.75. The molecule has 0 N–H and O–H groups in total. The molecule has 2 atom stereocenters. The first-order valence-electron chi connectivity index (χ1n) is 8.00. The van der Waals surface area contributed by atoms with Crippen LogP contribution in [0.15, 0.2) is 0 Å². The van der Waals surface area contributed by atoms with Gasteiger partial charge in [-0.3, -0.25) is 0 Å². The largest absolute Gasteiger partial charge is 0.481 e. The molecule has 1 aliphatic heterocycles. The normalized spacial score (nSPS) is 22.2. The standard InChI is InChI=1S/C16H20O6S/c1-3-19-15(17)13-11-12(14(23-13)16(18)20-4-2)22-10-8-6-5-7-9(10)21-11/h9-10H,3-8H2,1-2H3. The molecule has 0 radical (unpaired) electrons. The quantitative estimate of drug-likeness (QED) is 0.784. The van der Waals surface area contributed by atoms with Crippen molar-refractivity contribution < 1.29 is 28.5 Å². The van der Waals surface area contributed by atoms with Crippen LogP contribution in [0.5, 0.6) is 11.5 Å². The second-order valence-corrected chi connectivity index (χ2v) is 6.48. The first kappa shape index (κ1) is 16.1. The van der Waals surface area contributed by atoms with Crippen molar-refractivity contribution in [1.82, 2.24) is 0 Å². The van der Waals surface area contributed by atoms with E-state index in [1.807, 2.05) is 0 Å². The van der Waals surface area contributed by atoms with E-state index in [1.54, 1.807) is 13.8 Å². The van der Waals surface area contributed by atoms with Gasteiger partial charge in [0.2, 0.25) is 0 Å². The van der Waals surface area contributed by atoms with Gasteiger partial charge in [0.25, 0.3) is 0 Å². The summed E-state index contributed by atoms with van der Waals surface area (Å²) in [7, 11) is 0. The average molecular weight is 340 g/mol. The van der Waals surface area contributed by atoms with Crippen molar-refractivity contribution in [3.05, 3.63) is 9.75 Å². The number of thiophene rings is 1. The van der Waals surface area contributed by atoms with Gasteiger partial charge in [0.05, 0.1) is 13.2 Å². The molecule has 6 nitrogen and oxygen atoms in total. The van der Waals surface area contributed by atoms with Crippen LogP contribution in [0.1, 0.15) is 58.9 Å². The Balaban J connectivity index is 1.99. The van der Waals surface area contributed by atoms with Gasteiger partial charge < -0.3 is 18.9 Å². The molecule has 1 fully saturated rings. The van der Waals surface area contributed by atoms with E-state index in [4.69, 9.17) is 18.9 Å². The van der Waals surface area contributed by atoms with Gasteiger partial charge in [-0.1, -0.05) is 0 Å². The van der Waals surface area contributed by atoms with Crippen molar-refractivity contribution in [3.63, 3.8) is 0 Å². The molecule has 2 heterocycles. The summed E-state index contributed by atoms with van der Waals surface area (Å²) in [4.78, 5) is 24.9. The zero-order valence-corrected chi connectivity index (χ0v) is 14.1. The van der Waals surface area contributed by atoms with E-state index in [-0.39, 0.29) is 35.2 Å². The Morgan fingerprint density at radius 3 is 1.78 bits per heavy atom. The number of carbonyl (C=O) groups is 2. The molecule has 1 saturated carbocycles. The van der Waals surface area contributed by atoms with Gasteiger partial charge in [-0.25, -0.2) is 9.59 Å². The van der Waals surface area contributed by atoms with E-state index in [2.05, 4.69) is 0 Å². The number of esters is 2. The van der Waals surface area contributed by atoms with Crippen LogP contribution in [0.2, 0.25) is 0 Å². The fourth-order valence-electron chi connectivity index (χ4n) is 2.91. The van der Waals surface area contributed by atoms with E-state index < -0.39 is 11.9 Å². The van der Waals surface area contributed by atoms with Crippen molar-refractivity contribution in [2.45, 2.75) is 51.7 Å². The second kappa shape index (κ2) is 6.78. The summed E-state index contributed by atoms with van der Waals surface area (Å²) in [6, 6.07) is 0. The van der Waals surface area contributed by atoms with Crippen LogP contribution in [0, 0.1) is 0 Å². The van der Waals surface area contributed by atoms with Crippen LogP contribution in [-0.2, 0) is 9.47 Å². The molecule has 7 heteroatoms. The Morgan fingerprint density at radius 2 is 1.39 bits per heavy atom. The van der Waals surface area contributed by atoms with Gasteiger partial charge in [-0.15, -0.1) is 11.3 Å². The summed E-state index contributed by atoms with van der Waals surface area (Å²) in [5.41, 5.74) is 0. The molecule has 3 rings (SSSR count). The molecule has 2 aliphatic rings. The van der Waals surface area contributed by atoms with Gasteiger partial charge in [0.1, 0.15) is 12.2 Å². The first-order chi connectivity index (χ1) is 11.2. The predicted octanol–water partition coefficient (Wildman–Crippen LogP) is 3.18. The summed E-state index contributed by atoms with van der Waals surface area (Å²) in [6.07, 6.45) is 3.77. The van der Waals surface area contributed by atoms with Crippen LogP contribution >= 0.6 is 11.3 Å². The highest BCUT2D eigenvalue weighted by Gasteiger charge is 2.41. The number of hydrogen-bond acceptors (Lipinski definition) is 7. The fourth-order valence-corrected chi connectivity index (χ4v) is 3.87. The molecule has 1 aliphatic carbocycles. The number of fused-ring (bicyclic) bond motifs is 2. The zero-order valence-electron chi connectivity index (χ0n) is 13.3. The number of hydrogen-bond donors (Lipinski definition) is 0. The van der Waals surface area contributed by atoms with E-state index in [9.17, 15) is 9.59 Å². The minimum atomic E-state index is -0.498. The van der Waals surface area contributed by atoms with Gasteiger partial charge in [-0.2, -0.15) is 0 Å². The third-order valence-corrected chi connectivity index (χ3v) is 5.04. The lowest BCUT2D eigenvalue weighted by molar-refractivity contribution is -0.00751. The third-order valence-electron chi connectivity index (χ3n) is 3.92. The number of ether oxygens (including phenoxy) is 4. The second-order valence-electron chi connectivity index (χ2n) is 5.46. The molecule has 0 spiro atoms. The van der Waals surface area contributed by atoms with Crippen LogP contribution in [0.3, 0.4) is 0 Å². The highest BCUT2D eigenvalue weighted by molar-refractivity contribution is 7.16. The smallest absolute Gasteiger partial charge is 0.352 e. The fraction of sp³-hybridized carbons (Fsp3) is 0.625. The molecule has 23 heavy (non-hydrogen) atoms. The predicted molar refractivity (Wildman–Crippen MR) is 83.5 cm³/mol. The summed E-state index contributed by atoms with van der Waals surface area (Å²) in [5.74, 6) is -0.330. The maximum atomic E-state index is 12.2. The highest BCUT2D eigenvalue weighted by Crippen LogP contribution is 2.48. The molecule has 126 valence electrons. The minimum absolute atomic E-state index is 0.0749. The highest BCUT2D eigenvalue weighted by atomic mass is 32.1. The topological polar surface area (TPSA) is 71.1 Å². The number of carbonyl (C=O) groups excluding carboxylic acids is 2. The Labute approximate surface area is 138 Å². The molecule has 0 bridgehead atoms. The van der Waals surface area contributed by atoms with Gasteiger partial charge in [0, 0.05) is 0 Å². The molecule has 0 aromatic carbocycles. The lowest BCUT2D eigenvalue weighted by atomic mass is 9.94. The lowest BCUT2D eigenvalue weighted by Gasteiger charge is -2.36. The first-order valence-corrected chi connectivity index (χ1v) is 8.81.